The second-order valence-electron chi connectivity index (χ2n) is 9.42. The zero-order valence-electron chi connectivity index (χ0n) is 20.3. The summed E-state index contributed by atoms with van der Waals surface area (Å²) in [6.45, 7) is 6.74. The fourth-order valence-electron chi connectivity index (χ4n) is 5.11. The van der Waals surface area contributed by atoms with E-state index in [1.165, 1.54) is 6.42 Å². The molecule has 0 N–H and O–H groups in total. The van der Waals surface area contributed by atoms with Gasteiger partial charge in [0.15, 0.2) is 18.1 Å². The second-order valence-corrected chi connectivity index (χ2v) is 9.42. The topological polar surface area (TPSA) is 79.4 Å². The molecule has 3 aliphatic rings. The van der Waals surface area contributed by atoms with Crippen LogP contribution in [0, 0.1) is 5.92 Å². The van der Waals surface area contributed by atoms with Gasteiger partial charge in [0.05, 0.1) is 6.61 Å². The summed E-state index contributed by atoms with van der Waals surface area (Å²) in [6.07, 6.45) is 6.85. The van der Waals surface area contributed by atoms with E-state index in [2.05, 4.69) is 0 Å². The minimum Gasteiger partial charge on any atom is -0.490 e. The molecule has 3 amide bonds. The standard InChI is InChI=1S/C26H37N3O5/c1-2-33-23-18-21(8-9-22(23)34-19-24(30)27-12-4-3-5-13-27)26(32)29-16-10-20(11-17-29)25(31)28-14-6-7-15-28/h8-9,18,20H,2-7,10-17,19H2,1H3. The highest BCUT2D eigenvalue weighted by Crippen LogP contribution is 2.30. The van der Waals surface area contributed by atoms with Gasteiger partial charge >= 0.3 is 0 Å². The number of hydrogen-bond acceptors (Lipinski definition) is 5. The molecule has 186 valence electrons. The molecule has 3 saturated heterocycles. The fraction of sp³-hybridized carbons (Fsp3) is 0.654. The molecule has 3 heterocycles. The maximum absolute atomic E-state index is 13.1. The van der Waals surface area contributed by atoms with Gasteiger partial charge < -0.3 is 24.2 Å². The van der Waals surface area contributed by atoms with E-state index in [4.69, 9.17) is 9.47 Å². The van der Waals surface area contributed by atoms with Gasteiger partial charge in [0.25, 0.3) is 11.8 Å². The van der Waals surface area contributed by atoms with Gasteiger partial charge in [0.1, 0.15) is 0 Å². The Labute approximate surface area is 202 Å². The minimum atomic E-state index is -0.0658. The zero-order chi connectivity index (χ0) is 23.9. The number of ether oxygens (including phenoxy) is 2. The highest BCUT2D eigenvalue weighted by molar-refractivity contribution is 5.95. The third kappa shape index (κ3) is 5.83. The first-order chi connectivity index (χ1) is 16.6. The normalized spacial score (nSPS) is 19.3. The van der Waals surface area contributed by atoms with Crippen LogP contribution in [0.3, 0.4) is 0 Å². The minimum absolute atomic E-state index is 0.0198. The third-order valence-corrected chi connectivity index (χ3v) is 7.10. The van der Waals surface area contributed by atoms with Gasteiger partial charge in [0.2, 0.25) is 5.91 Å². The predicted octanol–water partition coefficient (Wildman–Crippen LogP) is 2.95. The molecule has 8 nitrogen and oxygen atoms in total. The van der Waals surface area contributed by atoms with E-state index >= 15 is 0 Å². The highest BCUT2D eigenvalue weighted by atomic mass is 16.5. The van der Waals surface area contributed by atoms with E-state index in [1.807, 2.05) is 21.6 Å². The average molecular weight is 472 g/mol. The molecule has 1 aromatic rings. The van der Waals surface area contributed by atoms with Gasteiger partial charge in [0, 0.05) is 50.7 Å². The molecule has 0 spiro atoms. The first kappa shape index (κ1) is 24.4. The number of amides is 3. The SMILES string of the molecule is CCOc1cc(C(=O)N2CCC(C(=O)N3CCCC3)CC2)ccc1OCC(=O)N1CCCCC1. The summed E-state index contributed by atoms with van der Waals surface area (Å²) in [6, 6.07) is 5.15. The Bertz CT molecular complexity index is 869. The summed E-state index contributed by atoms with van der Waals surface area (Å²) in [5.74, 6) is 1.13. The number of likely N-dealkylation sites (tertiary alicyclic amines) is 3. The molecule has 3 aliphatic heterocycles. The molecule has 0 atom stereocenters. The van der Waals surface area contributed by atoms with Crippen molar-refractivity contribution >= 4 is 17.7 Å². The number of carbonyl (C=O) groups is 3. The second kappa shape index (κ2) is 11.6. The Balaban J connectivity index is 1.34. The maximum atomic E-state index is 13.1. The van der Waals surface area contributed by atoms with Crippen LogP contribution in [0.5, 0.6) is 11.5 Å². The lowest BCUT2D eigenvalue weighted by Gasteiger charge is -2.33. The summed E-state index contributed by atoms with van der Waals surface area (Å²) >= 11 is 0. The summed E-state index contributed by atoms with van der Waals surface area (Å²) in [5, 5.41) is 0. The van der Waals surface area contributed by atoms with Crippen LogP contribution in [0.25, 0.3) is 0 Å². The van der Waals surface area contributed by atoms with Crippen LogP contribution in [0.15, 0.2) is 18.2 Å². The first-order valence-corrected chi connectivity index (χ1v) is 12.8. The predicted molar refractivity (Wildman–Crippen MR) is 128 cm³/mol. The molecule has 0 aliphatic carbocycles. The molecule has 3 fully saturated rings. The van der Waals surface area contributed by atoms with Gasteiger partial charge in [-0.2, -0.15) is 0 Å². The summed E-state index contributed by atoms with van der Waals surface area (Å²) < 4.78 is 11.5. The van der Waals surface area contributed by atoms with Crippen molar-refractivity contribution in [1.82, 2.24) is 14.7 Å². The van der Waals surface area contributed by atoms with Gasteiger partial charge in [-0.05, 0) is 70.1 Å². The van der Waals surface area contributed by atoms with E-state index in [0.29, 0.717) is 49.6 Å². The number of benzene rings is 1. The third-order valence-electron chi connectivity index (χ3n) is 7.10. The van der Waals surface area contributed by atoms with Crippen molar-refractivity contribution in [2.75, 3.05) is 52.5 Å². The summed E-state index contributed by atoms with van der Waals surface area (Å²) in [7, 11) is 0. The van der Waals surface area contributed by atoms with Crippen LogP contribution in [-0.4, -0.2) is 84.9 Å². The van der Waals surface area contributed by atoms with Crippen LogP contribution >= 0.6 is 0 Å². The number of carbonyl (C=O) groups excluding carboxylic acids is 3. The van der Waals surface area contributed by atoms with Gasteiger partial charge in [-0.15, -0.1) is 0 Å². The lowest BCUT2D eigenvalue weighted by Crippen LogP contribution is -2.43. The molecule has 4 rings (SSSR count). The number of rotatable bonds is 7. The van der Waals surface area contributed by atoms with E-state index in [1.54, 1.807) is 18.2 Å². The largest absolute Gasteiger partial charge is 0.490 e. The molecule has 0 bridgehead atoms. The Kier molecular flexibility index (Phi) is 8.29. The smallest absolute Gasteiger partial charge is 0.260 e. The average Bonchev–Trinajstić information content (AvgIpc) is 3.43. The summed E-state index contributed by atoms with van der Waals surface area (Å²) in [5.41, 5.74) is 0.530. The molecule has 34 heavy (non-hydrogen) atoms. The number of nitrogens with zero attached hydrogens (tertiary/aromatic N) is 3. The molecule has 1 aromatic carbocycles. The maximum Gasteiger partial charge on any atom is 0.260 e. The van der Waals surface area contributed by atoms with Crippen molar-refractivity contribution in [2.24, 2.45) is 5.92 Å². The first-order valence-electron chi connectivity index (χ1n) is 12.8. The van der Waals surface area contributed by atoms with E-state index in [-0.39, 0.29) is 30.2 Å². The van der Waals surface area contributed by atoms with Crippen LogP contribution in [0.2, 0.25) is 0 Å². The van der Waals surface area contributed by atoms with Crippen molar-refractivity contribution < 1.29 is 23.9 Å². The quantitative estimate of drug-likeness (QED) is 0.611. The lowest BCUT2D eigenvalue weighted by molar-refractivity contribution is -0.136. The Morgan fingerprint density at radius 3 is 2.12 bits per heavy atom. The number of hydrogen-bond donors (Lipinski definition) is 0. The van der Waals surface area contributed by atoms with Crippen molar-refractivity contribution in [1.29, 1.82) is 0 Å². The van der Waals surface area contributed by atoms with Gasteiger partial charge in [-0.1, -0.05) is 0 Å². The van der Waals surface area contributed by atoms with Crippen LogP contribution in [0.4, 0.5) is 0 Å². The van der Waals surface area contributed by atoms with E-state index in [9.17, 15) is 14.4 Å². The Morgan fingerprint density at radius 1 is 0.794 bits per heavy atom. The van der Waals surface area contributed by atoms with Crippen LogP contribution in [-0.2, 0) is 9.59 Å². The van der Waals surface area contributed by atoms with Crippen molar-refractivity contribution in [3.63, 3.8) is 0 Å². The zero-order valence-corrected chi connectivity index (χ0v) is 20.3. The molecule has 8 heteroatoms. The summed E-state index contributed by atoms with van der Waals surface area (Å²) in [4.78, 5) is 43.9. The lowest BCUT2D eigenvalue weighted by atomic mass is 9.95. The van der Waals surface area contributed by atoms with Crippen molar-refractivity contribution in [3.8, 4) is 11.5 Å². The Morgan fingerprint density at radius 2 is 1.44 bits per heavy atom. The van der Waals surface area contributed by atoms with Crippen LogP contribution in [0.1, 0.15) is 62.2 Å². The van der Waals surface area contributed by atoms with E-state index in [0.717, 1.165) is 51.9 Å². The fourth-order valence-corrected chi connectivity index (χ4v) is 5.11. The molecule has 0 unspecified atom stereocenters. The molecular formula is C26H37N3O5. The Hall–Kier alpha value is -2.77. The molecular weight excluding hydrogens is 434 g/mol. The van der Waals surface area contributed by atoms with Gasteiger partial charge in [-0.3, -0.25) is 14.4 Å². The molecule has 0 aromatic heterocycles. The van der Waals surface area contributed by atoms with Crippen LogP contribution < -0.4 is 9.47 Å². The molecule has 0 saturated carbocycles. The van der Waals surface area contributed by atoms with E-state index < -0.39 is 0 Å². The monoisotopic (exact) mass is 471 g/mol. The van der Waals surface area contributed by atoms with Crippen molar-refractivity contribution in [3.05, 3.63) is 23.8 Å². The molecule has 0 radical (unpaired) electrons. The van der Waals surface area contributed by atoms with Gasteiger partial charge in [-0.25, -0.2) is 0 Å². The number of piperidine rings is 2. The highest BCUT2D eigenvalue weighted by Gasteiger charge is 2.31. The van der Waals surface area contributed by atoms with Crippen molar-refractivity contribution in [2.45, 2.75) is 51.9 Å².